The summed E-state index contributed by atoms with van der Waals surface area (Å²) in [7, 11) is 0. The third-order valence-corrected chi connectivity index (χ3v) is 4.52. The van der Waals surface area contributed by atoms with Gasteiger partial charge in [0.05, 0.1) is 5.02 Å². The summed E-state index contributed by atoms with van der Waals surface area (Å²) in [4.78, 5) is 2.39. The Kier molecular flexibility index (Phi) is 6.81. The summed E-state index contributed by atoms with van der Waals surface area (Å²) in [6, 6.07) is 8.00. The molecule has 0 amide bonds. The van der Waals surface area contributed by atoms with Gasteiger partial charge in [0.25, 0.3) is 0 Å². The maximum Gasteiger partial charge on any atom is 0.138 e. The first kappa shape index (κ1) is 16.6. The van der Waals surface area contributed by atoms with Gasteiger partial charge in [0.15, 0.2) is 0 Å². The molecule has 1 N–H and O–H groups in total. The summed E-state index contributed by atoms with van der Waals surface area (Å²) in [6.07, 6.45) is 6.01. The zero-order chi connectivity index (χ0) is 15.1. The number of nitrogens with zero attached hydrogens (tertiary/aromatic N) is 1. The lowest BCUT2D eigenvalue weighted by Gasteiger charge is -2.34. The zero-order valence-corrected chi connectivity index (χ0v) is 13.6. The number of hydrogen-bond acceptors (Lipinski definition) is 3. The Bertz CT molecular complexity index is 421. The summed E-state index contributed by atoms with van der Waals surface area (Å²) < 4.78 is 5.62. The monoisotopic (exact) mass is 311 g/mol. The Morgan fingerprint density at radius 3 is 2.67 bits per heavy atom. The quantitative estimate of drug-likeness (QED) is 0.832. The van der Waals surface area contributed by atoms with Crippen LogP contribution in [0.3, 0.4) is 0 Å². The fourth-order valence-corrected chi connectivity index (χ4v) is 3.24. The molecule has 1 fully saturated rings. The summed E-state index contributed by atoms with van der Waals surface area (Å²) in [5.41, 5.74) is 0. The van der Waals surface area contributed by atoms with Gasteiger partial charge in [0.1, 0.15) is 18.5 Å². The van der Waals surface area contributed by atoms with Gasteiger partial charge in [0.2, 0.25) is 0 Å². The van der Waals surface area contributed by atoms with Crippen LogP contribution in [-0.4, -0.2) is 41.8 Å². The van der Waals surface area contributed by atoms with Crippen molar-refractivity contribution >= 4 is 11.6 Å². The maximum atomic E-state index is 10.2. The van der Waals surface area contributed by atoms with E-state index in [1.807, 2.05) is 18.2 Å². The van der Waals surface area contributed by atoms with Crippen LogP contribution in [0.25, 0.3) is 0 Å². The fraction of sp³-hybridized carbons (Fsp3) is 0.647. The number of benzene rings is 1. The molecule has 21 heavy (non-hydrogen) atoms. The van der Waals surface area contributed by atoms with Crippen LogP contribution in [0.15, 0.2) is 24.3 Å². The molecule has 0 aliphatic heterocycles. The van der Waals surface area contributed by atoms with Crippen molar-refractivity contribution in [2.75, 3.05) is 19.7 Å². The molecule has 3 nitrogen and oxygen atoms in total. The average molecular weight is 312 g/mol. The fourth-order valence-electron chi connectivity index (χ4n) is 3.05. The molecule has 0 aromatic heterocycles. The summed E-state index contributed by atoms with van der Waals surface area (Å²) >= 11 is 6.05. The molecular weight excluding hydrogens is 286 g/mol. The average Bonchev–Trinajstić information content (AvgIpc) is 2.52. The number of aliphatic hydroxyl groups is 1. The van der Waals surface area contributed by atoms with E-state index in [2.05, 4.69) is 11.8 Å². The Balaban J connectivity index is 1.79. The highest BCUT2D eigenvalue weighted by atomic mass is 35.5. The van der Waals surface area contributed by atoms with Crippen LogP contribution < -0.4 is 4.74 Å². The van der Waals surface area contributed by atoms with Crippen molar-refractivity contribution in [2.45, 2.75) is 51.2 Å². The van der Waals surface area contributed by atoms with Crippen molar-refractivity contribution < 1.29 is 9.84 Å². The first-order valence-corrected chi connectivity index (χ1v) is 8.38. The third kappa shape index (κ3) is 5.17. The Labute approximate surface area is 132 Å². The SMILES string of the molecule is CCN(CC(O)COc1ccccc1Cl)C1CCCCC1. The number of rotatable bonds is 7. The van der Waals surface area contributed by atoms with Crippen LogP contribution in [0.2, 0.25) is 5.02 Å². The van der Waals surface area contributed by atoms with E-state index in [0.29, 0.717) is 23.4 Å². The number of aliphatic hydroxyl groups excluding tert-OH is 1. The van der Waals surface area contributed by atoms with Gasteiger partial charge < -0.3 is 9.84 Å². The highest BCUT2D eigenvalue weighted by Gasteiger charge is 2.22. The van der Waals surface area contributed by atoms with E-state index in [1.54, 1.807) is 6.07 Å². The number of likely N-dealkylation sites (N-methyl/N-ethyl adjacent to an activating group) is 1. The molecule has 0 bridgehead atoms. The number of para-hydroxylation sites is 1. The van der Waals surface area contributed by atoms with Gasteiger partial charge in [-0.15, -0.1) is 0 Å². The molecular formula is C17H26ClNO2. The van der Waals surface area contributed by atoms with Crippen molar-refractivity contribution in [2.24, 2.45) is 0 Å². The van der Waals surface area contributed by atoms with Crippen molar-refractivity contribution in [3.8, 4) is 5.75 Å². The second-order valence-electron chi connectivity index (χ2n) is 5.77. The van der Waals surface area contributed by atoms with E-state index in [-0.39, 0.29) is 6.61 Å². The number of halogens is 1. The molecule has 1 aromatic carbocycles. The maximum absolute atomic E-state index is 10.2. The zero-order valence-electron chi connectivity index (χ0n) is 12.8. The molecule has 118 valence electrons. The van der Waals surface area contributed by atoms with Gasteiger partial charge in [-0.3, -0.25) is 4.90 Å². The van der Waals surface area contributed by atoms with E-state index in [1.165, 1.54) is 32.1 Å². The summed E-state index contributed by atoms with van der Waals surface area (Å²) in [5.74, 6) is 0.638. The second kappa shape index (κ2) is 8.62. The smallest absolute Gasteiger partial charge is 0.138 e. The molecule has 1 unspecified atom stereocenters. The van der Waals surface area contributed by atoms with Gasteiger partial charge in [-0.1, -0.05) is 49.9 Å². The van der Waals surface area contributed by atoms with E-state index in [0.717, 1.165) is 6.54 Å². The molecule has 1 atom stereocenters. The third-order valence-electron chi connectivity index (χ3n) is 4.21. The molecule has 1 aliphatic carbocycles. The van der Waals surface area contributed by atoms with Crippen LogP contribution in [0.4, 0.5) is 0 Å². The summed E-state index contributed by atoms with van der Waals surface area (Å²) in [5, 5.41) is 10.8. The predicted molar refractivity (Wildman–Crippen MR) is 87.1 cm³/mol. The minimum atomic E-state index is -0.483. The lowest BCUT2D eigenvalue weighted by Crippen LogP contribution is -2.43. The lowest BCUT2D eigenvalue weighted by atomic mass is 9.94. The number of ether oxygens (including phenoxy) is 1. The van der Waals surface area contributed by atoms with Gasteiger partial charge in [-0.2, -0.15) is 0 Å². The van der Waals surface area contributed by atoms with E-state index < -0.39 is 6.10 Å². The van der Waals surface area contributed by atoms with Crippen molar-refractivity contribution in [1.29, 1.82) is 0 Å². The van der Waals surface area contributed by atoms with Crippen LogP contribution in [0, 0.1) is 0 Å². The minimum absolute atomic E-state index is 0.285. The van der Waals surface area contributed by atoms with Crippen molar-refractivity contribution in [3.63, 3.8) is 0 Å². The van der Waals surface area contributed by atoms with E-state index in [4.69, 9.17) is 16.3 Å². The van der Waals surface area contributed by atoms with Crippen molar-refractivity contribution in [3.05, 3.63) is 29.3 Å². The number of hydrogen-bond donors (Lipinski definition) is 1. The van der Waals surface area contributed by atoms with Gasteiger partial charge >= 0.3 is 0 Å². The standard InChI is InChI=1S/C17H26ClNO2/c1-2-19(14-8-4-3-5-9-14)12-15(20)13-21-17-11-7-6-10-16(17)18/h6-7,10-11,14-15,20H,2-5,8-9,12-13H2,1H3. The molecule has 0 spiro atoms. The normalized spacial score (nSPS) is 17.9. The summed E-state index contributed by atoms with van der Waals surface area (Å²) in [6.45, 7) is 4.10. The van der Waals surface area contributed by atoms with Gasteiger partial charge in [0, 0.05) is 12.6 Å². The molecule has 0 saturated heterocycles. The van der Waals surface area contributed by atoms with Crippen LogP contribution in [0.5, 0.6) is 5.75 Å². The molecule has 1 saturated carbocycles. The van der Waals surface area contributed by atoms with Gasteiger partial charge in [-0.25, -0.2) is 0 Å². The topological polar surface area (TPSA) is 32.7 Å². The molecule has 4 heteroatoms. The molecule has 0 heterocycles. The largest absolute Gasteiger partial charge is 0.489 e. The van der Waals surface area contributed by atoms with Crippen LogP contribution >= 0.6 is 11.6 Å². The Morgan fingerprint density at radius 1 is 1.29 bits per heavy atom. The predicted octanol–water partition coefficient (Wildman–Crippen LogP) is 3.73. The Morgan fingerprint density at radius 2 is 2.00 bits per heavy atom. The first-order chi connectivity index (χ1) is 10.2. The molecule has 2 rings (SSSR count). The van der Waals surface area contributed by atoms with Crippen LogP contribution in [-0.2, 0) is 0 Å². The minimum Gasteiger partial charge on any atom is -0.489 e. The molecule has 1 aliphatic rings. The van der Waals surface area contributed by atoms with Crippen LogP contribution in [0.1, 0.15) is 39.0 Å². The molecule has 1 aromatic rings. The highest BCUT2D eigenvalue weighted by molar-refractivity contribution is 6.32. The first-order valence-electron chi connectivity index (χ1n) is 8.00. The Hall–Kier alpha value is -0.770. The van der Waals surface area contributed by atoms with Gasteiger partial charge in [-0.05, 0) is 31.5 Å². The molecule has 0 radical (unpaired) electrons. The van der Waals surface area contributed by atoms with E-state index in [9.17, 15) is 5.11 Å². The van der Waals surface area contributed by atoms with Crippen molar-refractivity contribution in [1.82, 2.24) is 4.90 Å². The van der Waals surface area contributed by atoms with E-state index >= 15 is 0 Å². The lowest BCUT2D eigenvalue weighted by molar-refractivity contribution is 0.0464. The highest BCUT2D eigenvalue weighted by Crippen LogP contribution is 2.24. The second-order valence-corrected chi connectivity index (χ2v) is 6.18.